The zero-order chi connectivity index (χ0) is 20.0. The fraction of sp³-hybridized carbons (Fsp3) is 0.640. The van der Waals surface area contributed by atoms with Crippen molar-refractivity contribution in [2.45, 2.75) is 103 Å². The lowest BCUT2D eigenvalue weighted by Gasteiger charge is -2.38. The Hall–Kier alpha value is -1.77. The van der Waals surface area contributed by atoms with Gasteiger partial charge in [-0.2, -0.15) is 0 Å². The fourth-order valence-electron chi connectivity index (χ4n) is 4.00. The molecule has 0 unspecified atom stereocenters. The Morgan fingerprint density at radius 1 is 1.07 bits per heavy atom. The minimum absolute atomic E-state index is 0.177. The van der Waals surface area contributed by atoms with E-state index < -0.39 is 0 Å². The first-order valence-electron chi connectivity index (χ1n) is 11.4. The number of unbranched alkanes of at least 4 members (excludes halogenated alkanes) is 7. The highest BCUT2D eigenvalue weighted by atomic mass is 16.6. The summed E-state index contributed by atoms with van der Waals surface area (Å²) in [6.07, 6.45) is 18.1. The van der Waals surface area contributed by atoms with E-state index in [-0.39, 0.29) is 18.2 Å². The zero-order valence-electron chi connectivity index (χ0n) is 17.9. The van der Waals surface area contributed by atoms with Crippen LogP contribution in [0.2, 0.25) is 0 Å². The van der Waals surface area contributed by atoms with Gasteiger partial charge in [-0.25, -0.2) is 4.79 Å². The average molecular weight is 386 g/mol. The van der Waals surface area contributed by atoms with Crippen LogP contribution in [0, 0.1) is 0 Å². The Morgan fingerprint density at radius 2 is 1.79 bits per heavy atom. The van der Waals surface area contributed by atoms with E-state index in [1.165, 1.54) is 51.4 Å². The van der Waals surface area contributed by atoms with Crippen molar-refractivity contribution < 1.29 is 9.53 Å². The summed E-state index contributed by atoms with van der Waals surface area (Å²) in [5.41, 5.74) is 1.03. The number of ether oxygens (including phenoxy) is 1. The van der Waals surface area contributed by atoms with E-state index in [9.17, 15) is 4.79 Å². The second-order valence-corrected chi connectivity index (χ2v) is 8.13. The lowest BCUT2D eigenvalue weighted by molar-refractivity contribution is 0.0573. The molecule has 0 radical (unpaired) electrons. The standard InChI is InChI=1S/C25H39NO2/c1-3-4-5-6-7-8-9-10-14-19-24-20-15-16-22(2)26(24)25(27)28-21-23-17-12-11-13-18-23/h11-14,17-19,22,24H,3-10,15-16,20-21H2,1-2H3/b19-14+/t22-,24-/m0/s1. The van der Waals surface area contributed by atoms with Crippen LogP contribution >= 0.6 is 0 Å². The number of piperidine rings is 1. The molecule has 1 aromatic carbocycles. The van der Waals surface area contributed by atoms with Gasteiger partial charge in [-0.15, -0.1) is 0 Å². The summed E-state index contributed by atoms with van der Waals surface area (Å²) in [4.78, 5) is 14.7. The van der Waals surface area contributed by atoms with Crippen molar-refractivity contribution in [3.63, 3.8) is 0 Å². The van der Waals surface area contributed by atoms with Gasteiger partial charge in [-0.05, 0) is 44.6 Å². The van der Waals surface area contributed by atoms with Crippen molar-refractivity contribution >= 4 is 6.09 Å². The maximum atomic E-state index is 12.7. The van der Waals surface area contributed by atoms with E-state index in [1.807, 2.05) is 35.2 Å². The lowest BCUT2D eigenvalue weighted by atomic mass is 9.96. The highest BCUT2D eigenvalue weighted by Gasteiger charge is 2.31. The van der Waals surface area contributed by atoms with Gasteiger partial charge < -0.3 is 4.74 Å². The Labute approximate surface area is 172 Å². The van der Waals surface area contributed by atoms with Gasteiger partial charge in [0.05, 0.1) is 6.04 Å². The summed E-state index contributed by atoms with van der Waals surface area (Å²) in [7, 11) is 0. The van der Waals surface area contributed by atoms with E-state index >= 15 is 0 Å². The summed E-state index contributed by atoms with van der Waals surface area (Å²) in [6, 6.07) is 10.3. The first kappa shape index (κ1) is 22.5. The maximum Gasteiger partial charge on any atom is 0.410 e. The van der Waals surface area contributed by atoms with Crippen LogP contribution in [0.1, 0.15) is 90.0 Å². The van der Waals surface area contributed by atoms with E-state index in [2.05, 4.69) is 26.0 Å². The van der Waals surface area contributed by atoms with E-state index in [0.717, 1.165) is 24.8 Å². The van der Waals surface area contributed by atoms with Crippen LogP contribution in [0.5, 0.6) is 0 Å². The topological polar surface area (TPSA) is 29.5 Å². The Kier molecular flexibility index (Phi) is 10.8. The van der Waals surface area contributed by atoms with Gasteiger partial charge in [0.15, 0.2) is 0 Å². The molecule has 0 saturated carbocycles. The SMILES string of the molecule is CCCCCCCCC/C=C/[C@H]1CCC[C@H](C)N1C(=O)OCc1ccccc1. The molecule has 156 valence electrons. The van der Waals surface area contributed by atoms with Crippen molar-refractivity contribution in [2.75, 3.05) is 0 Å². The summed E-state index contributed by atoms with van der Waals surface area (Å²) >= 11 is 0. The lowest BCUT2D eigenvalue weighted by Crippen LogP contribution is -2.48. The van der Waals surface area contributed by atoms with Crippen LogP contribution in [0.3, 0.4) is 0 Å². The summed E-state index contributed by atoms with van der Waals surface area (Å²) in [5, 5.41) is 0. The third-order valence-electron chi connectivity index (χ3n) is 5.70. The van der Waals surface area contributed by atoms with Gasteiger partial charge in [-0.3, -0.25) is 4.90 Å². The zero-order valence-corrected chi connectivity index (χ0v) is 17.9. The normalized spacial score (nSPS) is 19.9. The molecule has 28 heavy (non-hydrogen) atoms. The van der Waals surface area contributed by atoms with Crippen LogP contribution in [0.4, 0.5) is 4.79 Å². The molecule has 2 atom stereocenters. The number of benzene rings is 1. The van der Waals surface area contributed by atoms with Gasteiger partial charge in [0.2, 0.25) is 0 Å². The molecule has 3 nitrogen and oxygen atoms in total. The Bertz CT molecular complexity index is 569. The van der Waals surface area contributed by atoms with Crippen molar-refractivity contribution in [2.24, 2.45) is 0 Å². The van der Waals surface area contributed by atoms with Gasteiger partial charge in [-0.1, -0.05) is 87.9 Å². The predicted molar refractivity (Wildman–Crippen MR) is 117 cm³/mol. The molecule has 1 aliphatic heterocycles. The highest BCUT2D eigenvalue weighted by Crippen LogP contribution is 2.25. The average Bonchev–Trinajstić information content (AvgIpc) is 2.71. The number of allylic oxidation sites excluding steroid dienone is 1. The number of hydrogen-bond donors (Lipinski definition) is 0. The minimum atomic E-state index is -0.179. The molecule has 2 rings (SSSR count). The third kappa shape index (κ3) is 8.08. The van der Waals surface area contributed by atoms with Crippen molar-refractivity contribution in [3.05, 3.63) is 48.0 Å². The Balaban J connectivity index is 1.75. The van der Waals surface area contributed by atoms with Gasteiger partial charge in [0.1, 0.15) is 6.61 Å². The molecule has 0 N–H and O–H groups in total. The first-order valence-corrected chi connectivity index (χ1v) is 11.4. The predicted octanol–water partition coefficient (Wildman–Crippen LogP) is 7.26. The molecule has 1 aliphatic rings. The molecule has 0 spiro atoms. The highest BCUT2D eigenvalue weighted by molar-refractivity contribution is 5.69. The molecular formula is C25H39NO2. The number of nitrogens with zero attached hydrogens (tertiary/aromatic N) is 1. The minimum Gasteiger partial charge on any atom is -0.445 e. The van der Waals surface area contributed by atoms with Gasteiger partial charge in [0, 0.05) is 6.04 Å². The Morgan fingerprint density at radius 3 is 2.54 bits per heavy atom. The number of carbonyl (C=O) groups excluding carboxylic acids is 1. The molecule has 0 aliphatic carbocycles. The summed E-state index contributed by atoms with van der Waals surface area (Å²) < 4.78 is 5.61. The molecule has 0 aromatic heterocycles. The monoisotopic (exact) mass is 385 g/mol. The van der Waals surface area contributed by atoms with Crippen LogP contribution < -0.4 is 0 Å². The number of carbonyl (C=O) groups is 1. The third-order valence-corrected chi connectivity index (χ3v) is 5.70. The molecular weight excluding hydrogens is 346 g/mol. The number of likely N-dealkylation sites (tertiary alicyclic amines) is 1. The number of rotatable bonds is 11. The van der Waals surface area contributed by atoms with E-state index in [1.54, 1.807) is 0 Å². The smallest absolute Gasteiger partial charge is 0.410 e. The fourth-order valence-corrected chi connectivity index (χ4v) is 4.00. The van der Waals surface area contributed by atoms with E-state index in [0.29, 0.717) is 6.61 Å². The largest absolute Gasteiger partial charge is 0.445 e. The molecule has 1 aromatic rings. The second kappa shape index (κ2) is 13.4. The van der Waals surface area contributed by atoms with Gasteiger partial charge >= 0.3 is 6.09 Å². The maximum absolute atomic E-state index is 12.7. The molecule has 1 amide bonds. The van der Waals surface area contributed by atoms with Crippen molar-refractivity contribution in [1.82, 2.24) is 4.90 Å². The van der Waals surface area contributed by atoms with Crippen molar-refractivity contribution in [1.29, 1.82) is 0 Å². The van der Waals surface area contributed by atoms with Crippen LogP contribution in [0.25, 0.3) is 0 Å². The number of hydrogen-bond acceptors (Lipinski definition) is 2. The molecule has 0 bridgehead atoms. The number of amides is 1. The van der Waals surface area contributed by atoms with Crippen LogP contribution in [-0.2, 0) is 11.3 Å². The van der Waals surface area contributed by atoms with Crippen LogP contribution in [-0.4, -0.2) is 23.1 Å². The van der Waals surface area contributed by atoms with E-state index in [4.69, 9.17) is 4.74 Å². The molecule has 1 fully saturated rings. The van der Waals surface area contributed by atoms with Crippen molar-refractivity contribution in [3.8, 4) is 0 Å². The quantitative estimate of drug-likeness (QED) is 0.296. The second-order valence-electron chi connectivity index (χ2n) is 8.13. The first-order chi connectivity index (χ1) is 13.7. The molecule has 1 heterocycles. The summed E-state index contributed by atoms with van der Waals surface area (Å²) in [6.45, 7) is 4.75. The van der Waals surface area contributed by atoms with Crippen LogP contribution in [0.15, 0.2) is 42.5 Å². The summed E-state index contributed by atoms with van der Waals surface area (Å²) in [5.74, 6) is 0. The van der Waals surface area contributed by atoms with Gasteiger partial charge in [0.25, 0.3) is 0 Å². The molecule has 3 heteroatoms. The molecule has 1 saturated heterocycles.